The molecule has 0 spiro atoms. The molecule has 1 aliphatic heterocycles. The van der Waals surface area contributed by atoms with Gasteiger partial charge in [-0.1, -0.05) is 25.7 Å². The van der Waals surface area contributed by atoms with Crippen LogP contribution < -0.4 is 5.32 Å². The van der Waals surface area contributed by atoms with Gasteiger partial charge in [-0.3, -0.25) is 4.98 Å². The van der Waals surface area contributed by atoms with Gasteiger partial charge < -0.3 is 15.3 Å². The van der Waals surface area contributed by atoms with Gasteiger partial charge in [0.25, 0.3) is 0 Å². The lowest BCUT2D eigenvalue weighted by Crippen LogP contribution is -2.42. The normalized spacial score (nSPS) is 22.5. The van der Waals surface area contributed by atoms with Crippen LogP contribution >= 0.6 is 0 Å². The van der Waals surface area contributed by atoms with E-state index in [1.54, 1.807) is 12.4 Å². The second-order valence-corrected chi connectivity index (χ2v) is 7.22. The Bertz CT molecular complexity index is 582. The molecule has 6 nitrogen and oxygen atoms in total. The monoisotopic (exact) mass is 344 g/mol. The van der Waals surface area contributed by atoms with Gasteiger partial charge in [-0.2, -0.15) is 0 Å². The molecule has 2 heterocycles. The van der Waals surface area contributed by atoms with Gasteiger partial charge in [-0.15, -0.1) is 0 Å². The van der Waals surface area contributed by atoms with Crippen molar-refractivity contribution >= 4 is 17.9 Å². The quantitative estimate of drug-likeness (QED) is 0.740. The molecule has 1 aromatic heterocycles. The van der Waals surface area contributed by atoms with Crippen LogP contribution in [-0.2, 0) is 4.79 Å². The molecule has 2 N–H and O–H groups in total. The Morgan fingerprint density at radius 1 is 1.24 bits per heavy atom. The summed E-state index contributed by atoms with van der Waals surface area (Å²) in [5, 5.41) is 12.1. The van der Waals surface area contributed by atoms with Crippen LogP contribution in [0.4, 0.5) is 5.82 Å². The molecule has 2 fully saturated rings. The molecule has 6 heteroatoms. The third kappa shape index (κ3) is 5.81. The Morgan fingerprint density at radius 3 is 2.80 bits per heavy atom. The van der Waals surface area contributed by atoms with Crippen molar-refractivity contribution in [3.05, 3.63) is 24.2 Å². The standard InChI is InChI=1S/C19H28N4O2/c24-19(25)8-7-16-12-21-18(13-20-16)22-17-6-3-10-23(14-17)11-9-15-4-1-2-5-15/h7-8,12-13,15,17H,1-6,9-11,14H2,(H,21,22)(H,24,25)/t17-/m1/s1. The smallest absolute Gasteiger partial charge is 0.328 e. The van der Waals surface area contributed by atoms with Crippen molar-refractivity contribution in [2.75, 3.05) is 25.0 Å². The number of piperidine rings is 1. The minimum atomic E-state index is -0.982. The molecule has 136 valence electrons. The molecule has 0 unspecified atom stereocenters. The second kappa shape index (κ2) is 8.94. The van der Waals surface area contributed by atoms with Crippen molar-refractivity contribution in [2.45, 2.75) is 51.0 Å². The number of hydrogen-bond acceptors (Lipinski definition) is 5. The zero-order valence-corrected chi connectivity index (χ0v) is 14.7. The number of aliphatic carboxylic acids is 1. The Morgan fingerprint density at radius 2 is 2.08 bits per heavy atom. The minimum Gasteiger partial charge on any atom is -0.478 e. The summed E-state index contributed by atoms with van der Waals surface area (Å²) in [4.78, 5) is 21.7. The third-order valence-corrected chi connectivity index (χ3v) is 5.25. The summed E-state index contributed by atoms with van der Waals surface area (Å²) in [6.07, 6.45) is 15.2. The summed E-state index contributed by atoms with van der Waals surface area (Å²) < 4.78 is 0. The Kier molecular flexibility index (Phi) is 6.39. The highest BCUT2D eigenvalue weighted by atomic mass is 16.4. The van der Waals surface area contributed by atoms with Crippen molar-refractivity contribution in [3.8, 4) is 0 Å². The van der Waals surface area contributed by atoms with Gasteiger partial charge in [-0.05, 0) is 44.3 Å². The fourth-order valence-electron chi connectivity index (χ4n) is 3.91. The maximum Gasteiger partial charge on any atom is 0.328 e. The molecule has 3 rings (SSSR count). The SMILES string of the molecule is O=C(O)C=Cc1cnc(N[C@@H]2CCCN(CCC3CCCC3)C2)cn1. The number of carboxylic acid groups (broad SMARTS) is 1. The van der Waals surface area contributed by atoms with E-state index in [2.05, 4.69) is 20.2 Å². The van der Waals surface area contributed by atoms with Crippen LogP contribution in [0.2, 0.25) is 0 Å². The van der Waals surface area contributed by atoms with Crippen LogP contribution in [0, 0.1) is 5.92 Å². The Labute approximate surface area is 149 Å². The lowest BCUT2D eigenvalue weighted by Gasteiger charge is -2.33. The lowest BCUT2D eigenvalue weighted by atomic mass is 10.0. The van der Waals surface area contributed by atoms with E-state index in [-0.39, 0.29) is 0 Å². The van der Waals surface area contributed by atoms with Crippen LogP contribution in [0.15, 0.2) is 18.5 Å². The molecule has 2 aliphatic rings. The molecule has 1 aromatic rings. The Hall–Kier alpha value is -1.95. The van der Waals surface area contributed by atoms with Crippen LogP contribution in [-0.4, -0.2) is 51.6 Å². The van der Waals surface area contributed by atoms with E-state index in [1.807, 2.05) is 0 Å². The fraction of sp³-hybridized carbons (Fsp3) is 0.632. The van der Waals surface area contributed by atoms with E-state index >= 15 is 0 Å². The number of hydrogen-bond donors (Lipinski definition) is 2. The number of anilines is 1. The number of likely N-dealkylation sites (tertiary alicyclic amines) is 1. The molecular formula is C19H28N4O2. The van der Waals surface area contributed by atoms with Crippen molar-refractivity contribution in [1.82, 2.24) is 14.9 Å². The summed E-state index contributed by atoms with van der Waals surface area (Å²) in [5.41, 5.74) is 0.551. The van der Waals surface area contributed by atoms with Crippen molar-refractivity contribution in [2.24, 2.45) is 5.92 Å². The van der Waals surface area contributed by atoms with E-state index < -0.39 is 5.97 Å². The van der Waals surface area contributed by atoms with Gasteiger partial charge in [0.1, 0.15) is 5.82 Å². The van der Waals surface area contributed by atoms with Crippen molar-refractivity contribution < 1.29 is 9.90 Å². The van der Waals surface area contributed by atoms with Gasteiger partial charge >= 0.3 is 5.97 Å². The largest absolute Gasteiger partial charge is 0.478 e. The van der Waals surface area contributed by atoms with Crippen LogP contribution in [0.25, 0.3) is 6.08 Å². The van der Waals surface area contributed by atoms with Crippen molar-refractivity contribution in [3.63, 3.8) is 0 Å². The summed E-state index contributed by atoms with van der Waals surface area (Å²) in [7, 11) is 0. The van der Waals surface area contributed by atoms with E-state index in [0.29, 0.717) is 11.7 Å². The summed E-state index contributed by atoms with van der Waals surface area (Å²) in [5.74, 6) is 0.727. The lowest BCUT2D eigenvalue weighted by molar-refractivity contribution is -0.131. The van der Waals surface area contributed by atoms with Gasteiger partial charge in [0, 0.05) is 18.7 Å². The number of nitrogens with zero attached hydrogens (tertiary/aromatic N) is 3. The predicted molar refractivity (Wildman–Crippen MR) is 98.4 cm³/mol. The van der Waals surface area contributed by atoms with E-state index in [0.717, 1.165) is 30.8 Å². The molecule has 25 heavy (non-hydrogen) atoms. The maximum absolute atomic E-state index is 10.5. The molecule has 0 bridgehead atoms. The zero-order chi connectivity index (χ0) is 17.5. The first-order valence-electron chi connectivity index (χ1n) is 9.41. The average molecular weight is 344 g/mol. The second-order valence-electron chi connectivity index (χ2n) is 7.22. The molecule has 1 saturated heterocycles. The van der Waals surface area contributed by atoms with E-state index in [4.69, 9.17) is 5.11 Å². The minimum absolute atomic E-state index is 0.409. The summed E-state index contributed by atoms with van der Waals surface area (Å²) in [6.45, 7) is 3.48. The van der Waals surface area contributed by atoms with Gasteiger partial charge in [0.15, 0.2) is 0 Å². The number of nitrogens with one attached hydrogen (secondary N) is 1. The number of carbonyl (C=O) groups is 1. The third-order valence-electron chi connectivity index (χ3n) is 5.25. The maximum atomic E-state index is 10.5. The van der Waals surface area contributed by atoms with Gasteiger partial charge in [0.2, 0.25) is 0 Å². The molecule has 0 amide bonds. The number of rotatable bonds is 7. The molecule has 1 atom stereocenters. The van der Waals surface area contributed by atoms with Gasteiger partial charge in [-0.25, -0.2) is 9.78 Å². The molecule has 0 aromatic carbocycles. The van der Waals surface area contributed by atoms with Crippen LogP contribution in [0.5, 0.6) is 0 Å². The number of carboxylic acids is 1. The molecular weight excluding hydrogens is 316 g/mol. The summed E-state index contributed by atoms with van der Waals surface area (Å²) >= 11 is 0. The van der Waals surface area contributed by atoms with Crippen LogP contribution in [0.3, 0.4) is 0 Å². The Balaban J connectivity index is 1.46. The highest BCUT2D eigenvalue weighted by Crippen LogP contribution is 2.28. The first kappa shape index (κ1) is 17.9. The fourth-order valence-corrected chi connectivity index (χ4v) is 3.91. The molecule has 1 saturated carbocycles. The highest BCUT2D eigenvalue weighted by Gasteiger charge is 2.22. The molecule has 0 radical (unpaired) electrons. The zero-order valence-electron chi connectivity index (χ0n) is 14.7. The number of aromatic nitrogens is 2. The van der Waals surface area contributed by atoms with E-state index in [9.17, 15) is 4.79 Å². The predicted octanol–water partition coefficient (Wildman–Crippen LogP) is 3.03. The first-order valence-corrected chi connectivity index (χ1v) is 9.41. The molecule has 1 aliphatic carbocycles. The summed E-state index contributed by atoms with van der Waals surface area (Å²) in [6, 6.07) is 0.409. The first-order chi connectivity index (χ1) is 12.2. The topological polar surface area (TPSA) is 78.3 Å². The average Bonchev–Trinajstić information content (AvgIpc) is 3.13. The van der Waals surface area contributed by atoms with Gasteiger partial charge in [0.05, 0.1) is 18.1 Å². The highest BCUT2D eigenvalue weighted by molar-refractivity contribution is 5.84. The van der Waals surface area contributed by atoms with Crippen LogP contribution in [0.1, 0.15) is 50.6 Å². The van der Waals surface area contributed by atoms with E-state index in [1.165, 1.54) is 57.7 Å². The van der Waals surface area contributed by atoms with Crippen molar-refractivity contribution in [1.29, 1.82) is 0 Å².